The summed E-state index contributed by atoms with van der Waals surface area (Å²) in [5, 5.41) is 0. The molecule has 0 heterocycles. The molecule has 0 fully saturated rings. The molecule has 0 aliphatic carbocycles. The average Bonchev–Trinajstić information content (AvgIpc) is 2.32. The van der Waals surface area contributed by atoms with Gasteiger partial charge in [-0.15, -0.1) is 0 Å². The Kier molecular flexibility index (Phi) is 5.58. The number of carbonyl (C=O) groups is 1. The van der Waals surface area contributed by atoms with E-state index in [4.69, 9.17) is 10.7 Å². The van der Waals surface area contributed by atoms with Crippen LogP contribution in [0.4, 0.5) is 14.9 Å². The second-order valence-corrected chi connectivity index (χ2v) is 4.44. The number of anilines is 1. The largest absolute Gasteiger partial charge is 0.335 e. The van der Waals surface area contributed by atoms with Crippen molar-refractivity contribution in [2.24, 2.45) is 0 Å². The number of amides is 2. The number of para-hydroxylation sites is 1. The highest BCUT2D eigenvalue weighted by molar-refractivity contribution is 8.22. The zero-order valence-corrected chi connectivity index (χ0v) is 11.3. The molecule has 1 aromatic carbocycles. The summed E-state index contributed by atoms with van der Waals surface area (Å²) < 4.78 is 14.7. The molecular weight excluding hydrogens is 263 g/mol. The molecular formula is C11H14ClFN2OS. The van der Waals surface area contributed by atoms with Crippen molar-refractivity contribution in [2.75, 3.05) is 17.9 Å². The van der Waals surface area contributed by atoms with E-state index in [0.717, 1.165) is 10.7 Å². The van der Waals surface area contributed by atoms with Crippen molar-refractivity contribution in [2.45, 2.75) is 13.3 Å². The Morgan fingerprint density at radius 1 is 1.47 bits per heavy atom. The van der Waals surface area contributed by atoms with Crippen LogP contribution in [0.25, 0.3) is 0 Å². The monoisotopic (exact) mass is 276 g/mol. The molecule has 0 saturated carbocycles. The average molecular weight is 277 g/mol. The number of hydrogen-bond acceptors (Lipinski definition) is 2. The first-order valence-corrected chi connectivity index (χ1v) is 6.80. The van der Waals surface area contributed by atoms with Gasteiger partial charge >= 0.3 is 6.03 Å². The van der Waals surface area contributed by atoms with E-state index in [1.165, 1.54) is 17.0 Å². The van der Waals surface area contributed by atoms with Gasteiger partial charge in [-0.05, 0) is 29.2 Å². The molecule has 0 aliphatic rings. The number of nitrogens with zero attached hydrogens (tertiary/aromatic N) is 2. The van der Waals surface area contributed by atoms with Crippen LogP contribution < -0.4 is 4.31 Å². The SMILES string of the molecule is CCCN(C)C(=O)N(SCl)c1ccccc1F. The van der Waals surface area contributed by atoms with Gasteiger partial charge in [0.1, 0.15) is 5.82 Å². The Balaban J connectivity index is 2.92. The zero-order valence-electron chi connectivity index (χ0n) is 9.69. The van der Waals surface area contributed by atoms with Gasteiger partial charge in [0.25, 0.3) is 0 Å². The van der Waals surface area contributed by atoms with E-state index < -0.39 is 5.82 Å². The molecule has 0 bridgehead atoms. The maximum atomic E-state index is 13.6. The third-order valence-corrected chi connectivity index (χ3v) is 3.10. The molecule has 1 aromatic rings. The van der Waals surface area contributed by atoms with Crippen molar-refractivity contribution in [1.29, 1.82) is 0 Å². The van der Waals surface area contributed by atoms with Gasteiger partial charge in [0.05, 0.1) is 16.8 Å². The second-order valence-electron chi connectivity index (χ2n) is 3.52. The summed E-state index contributed by atoms with van der Waals surface area (Å²) in [6.45, 7) is 2.56. The third kappa shape index (κ3) is 3.51. The fourth-order valence-electron chi connectivity index (χ4n) is 1.37. The number of benzene rings is 1. The van der Waals surface area contributed by atoms with E-state index in [-0.39, 0.29) is 11.7 Å². The van der Waals surface area contributed by atoms with E-state index in [2.05, 4.69) is 0 Å². The lowest BCUT2D eigenvalue weighted by Crippen LogP contribution is -2.37. The van der Waals surface area contributed by atoms with Crippen molar-refractivity contribution in [3.63, 3.8) is 0 Å². The molecule has 0 atom stereocenters. The molecule has 94 valence electrons. The Hall–Kier alpha value is -0.940. The number of carbonyl (C=O) groups excluding carboxylic acids is 1. The summed E-state index contributed by atoms with van der Waals surface area (Å²) in [6.07, 6.45) is 0.834. The summed E-state index contributed by atoms with van der Waals surface area (Å²) in [7, 11) is 7.30. The molecule has 0 saturated heterocycles. The van der Waals surface area contributed by atoms with E-state index in [0.29, 0.717) is 17.7 Å². The van der Waals surface area contributed by atoms with Crippen LogP contribution in [0.5, 0.6) is 0 Å². The van der Waals surface area contributed by atoms with E-state index in [1.54, 1.807) is 19.2 Å². The van der Waals surface area contributed by atoms with Gasteiger partial charge < -0.3 is 4.90 Å². The Morgan fingerprint density at radius 3 is 2.65 bits per heavy atom. The van der Waals surface area contributed by atoms with E-state index in [9.17, 15) is 9.18 Å². The van der Waals surface area contributed by atoms with Crippen LogP contribution in [0.1, 0.15) is 13.3 Å². The van der Waals surface area contributed by atoms with Crippen LogP contribution in [0.3, 0.4) is 0 Å². The van der Waals surface area contributed by atoms with Crippen LogP contribution in [0, 0.1) is 5.82 Å². The topological polar surface area (TPSA) is 23.6 Å². The van der Waals surface area contributed by atoms with Crippen LogP contribution in [-0.4, -0.2) is 24.5 Å². The highest BCUT2D eigenvalue weighted by Crippen LogP contribution is 2.28. The highest BCUT2D eigenvalue weighted by atomic mass is 35.7. The molecule has 0 aromatic heterocycles. The first-order chi connectivity index (χ1) is 8.11. The maximum Gasteiger partial charge on any atom is 0.335 e. The Morgan fingerprint density at radius 2 is 2.12 bits per heavy atom. The third-order valence-electron chi connectivity index (χ3n) is 2.20. The maximum absolute atomic E-state index is 13.6. The molecule has 0 N–H and O–H groups in total. The van der Waals surface area contributed by atoms with E-state index >= 15 is 0 Å². The summed E-state index contributed by atoms with van der Waals surface area (Å²) >= 11 is 0.674. The van der Waals surface area contributed by atoms with Crippen LogP contribution >= 0.6 is 21.8 Å². The standard InChI is InChI=1S/C11H14ClFN2OS/c1-3-8-14(2)11(16)15(17-12)10-7-5-4-6-9(10)13/h4-7H,3,8H2,1-2H3. The van der Waals surface area contributed by atoms with E-state index in [1.807, 2.05) is 6.92 Å². The van der Waals surface area contributed by atoms with Gasteiger partial charge in [0.15, 0.2) is 0 Å². The number of halogens is 2. The van der Waals surface area contributed by atoms with Crippen molar-refractivity contribution in [1.82, 2.24) is 4.90 Å². The first-order valence-electron chi connectivity index (χ1n) is 5.20. The van der Waals surface area contributed by atoms with Crippen molar-refractivity contribution in [3.05, 3.63) is 30.1 Å². The number of rotatable bonds is 4. The number of urea groups is 1. The molecule has 0 spiro atoms. The van der Waals surface area contributed by atoms with Crippen LogP contribution in [-0.2, 0) is 0 Å². The van der Waals surface area contributed by atoms with Crippen molar-refractivity contribution >= 4 is 33.6 Å². The summed E-state index contributed by atoms with van der Waals surface area (Å²) in [4.78, 5) is 13.5. The van der Waals surface area contributed by atoms with Crippen LogP contribution in [0.15, 0.2) is 24.3 Å². The minimum absolute atomic E-state index is 0.167. The molecule has 0 unspecified atom stereocenters. The van der Waals surface area contributed by atoms with Crippen LogP contribution in [0.2, 0.25) is 0 Å². The van der Waals surface area contributed by atoms with Gasteiger partial charge in [-0.25, -0.2) is 13.5 Å². The molecule has 0 aliphatic heterocycles. The Labute approximate surface area is 109 Å². The minimum atomic E-state index is -0.473. The number of hydrogen-bond donors (Lipinski definition) is 0. The summed E-state index contributed by atoms with van der Waals surface area (Å²) in [5.74, 6) is -0.473. The Bertz CT molecular complexity index is 391. The lowest BCUT2D eigenvalue weighted by molar-refractivity contribution is 0.219. The first kappa shape index (κ1) is 14.1. The molecule has 2 amide bonds. The molecule has 0 radical (unpaired) electrons. The quantitative estimate of drug-likeness (QED) is 0.779. The van der Waals surface area contributed by atoms with Crippen molar-refractivity contribution < 1.29 is 9.18 Å². The van der Waals surface area contributed by atoms with Crippen molar-refractivity contribution in [3.8, 4) is 0 Å². The normalized spacial score (nSPS) is 10.1. The zero-order chi connectivity index (χ0) is 12.8. The molecule has 1 rings (SSSR count). The lowest BCUT2D eigenvalue weighted by atomic mass is 10.3. The molecule has 6 heteroatoms. The fourth-order valence-corrected chi connectivity index (χ4v) is 2.19. The van der Waals surface area contributed by atoms with Gasteiger partial charge in [-0.1, -0.05) is 19.1 Å². The predicted molar refractivity (Wildman–Crippen MR) is 70.6 cm³/mol. The summed E-state index contributed by atoms with van der Waals surface area (Å²) in [5.41, 5.74) is 0.167. The fraction of sp³-hybridized carbons (Fsp3) is 0.364. The predicted octanol–water partition coefficient (Wildman–Crippen LogP) is 3.90. The van der Waals surface area contributed by atoms with Gasteiger partial charge in [-0.3, -0.25) is 0 Å². The smallest absolute Gasteiger partial charge is 0.327 e. The van der Waals surface area contributed by atoms with Gasteiger partial charge in [-0.2, -0.15) is 0 Å². The lowest BCUT2D eigenvalue weighted by Gasteiger charge is -2.24. The molecule has 3 nitrogen and oxygen atoms in total. The van der Waals surface area contributed by atoms with Gasteiger partial charge in [0, 0.05) is 13.6 Å². The second kappa shape index (κ2) is 6.71. The highest BCUT2D eigenvalue weighted by Gasteiger charge is 2.22. The van der Waals surface area contributed by atoms with Gasteiger partial charge in [0.2, 0.25) is 0 Å². The minimum Gasteiger partial charge on any atom is -0.327 e. The molecule has 17 heavy (non-hydrogen) atoms. The summed E-state index contributed by atoms with van der Waals surface area (Å²) in [6, 6.07) is 5.70.